The maximum Gasteiger partial charge on any atom is 0.339 e. The minimum atomic E-state index is -0.352. The van der Waals surface area contributed by atoms with Crippen LogP contribution in [-0.2, 0) is 11.2 Å². The van der Waals surface area contributed by atoms with Crippen molar-refractivity contribution >= 4 is 17.7 Å². The van der Waals surface area contributed by atoms with E-state index in [4.69, 9.17) is 9.47 Å². The highest BCUT2D eigenvalue weighted by Crippen LogP contribution is 2.38. The van der Waals surface area contributed by atoms with Crippen molar-refractivity contribution in [3.8, 4) is 5.75 Å². The first-order chi connectivity index (χ1) is 16.0. The second-order valence-electron chi connectivity index (χ2n) is 8.54. The molecule has 0 spiro atoms. The maximum atomic E-state index is 13.1. The second-order valence-corrected chi connectivity index (χ2v) is 8.54. The number of piperidine rings is 1. The van der Waals surface area contributed by atoms with Crippen molar-refractivity contribution in [1.82, 2.24) is 10.3 Å². The summed E-state index contributed by atoms with van der Waals surface area (Å²) in [7, 11) is 1.62. The first-order valence-electron chi connectivity index (χ1n) is 11.5. The number of esters is 1. The summed E-state index contributed by atoms with van der Waals surface area (Å²) in [6.45, 7) is 5.94. The summed E-state index contributed by atoms with van der Waals surface area (Å²) in [6, 6.07) is 9.96. The summed E-state index contributed by atoms with van der Waals surface area (Å²) in [5.74, 6) is 1.16. The zero-order valence-electron chi connectivity index (χ0n) is 19.3. The lowest BCUT2D eigenvalue weighted by molar-refractivity contribution is 0.0525. The number of carbonyl (C=O) groups is 2. The molecule has 0 radical (unpaired) electrons. The Morgan fingerprint density at radius 3 is 2.58 bits per heavy atom. The number of methoxy groups -OCH3 is 1. The fourth-order valence-corrected chi connectivity index (χ4v) is 5.13. The SMILES string of the molecule is C=CCc1c(OC)cccc1C(=O)NC1C[C@H]2CC[C@@H](C1)N2c1ccc(C(=O)OCC)cn1. The molecule has 4 rings (SSSR count). The van der Waals surface area contributed by atoms with Gasteiger partial charge in [0.05, 0.1) is 19.3 Å². The highest BCUT2D eigenvalue weighted by molar-refractivity contribution is 5.96. The Hall–Kier alpha value is -3.35. The van der Waals surface area contributed by atoms with Gasteiger partial charge in [0.25, 0.3) is 5.91 Å². The number of hydrogen-bond acceptors (Lipinski definition) is 6. The van der Waals surface area contributed by atoms with Crippen LogP contribution in [0.5, 0.6) is 5.75 Å². The number of carbonyl (C=O) groups excluding carboxylic acids is 2. The Bertz CT molecular complexity index is 1010. The van der Waals surface area contributed by atoms with Crippen molar-refractivity contribution < 1.29 is 19.1 Å². The number of allylic oxidation sites excluding steroid dienone is 1. The Morgan fingerprint density at radius 2 is 1.97 bits per heavy atom. The number of aromatic nitrogens is 1. The van der Waals surface area contributed by atoms with Crippen molar-refractivity contribution in [2.24, 2.45) is 0 Å². The second kappa shape index (κ2) is 10.1. The summed E-state index contributed by atoms with van der Waals surface area (Å²) in [4.78, 5) is 32.0. The molecular weight excluding hydrogens is 418 g/mol. The highest BCUT2D eigenvalue weighted by atomic mass is 16.5. The Balaban J connectivity index is 1.44. The van der Waals surface area contributed by atoms with Gasteiger partial charge < -0.3 is 19.7 Å². The Labute approximate surface area is 194 Å². The quantitative estimate of drug-likeness (QED) is 0.486. The van der Waals surface area contributed by atoms with Gasteiger partial charge in [-0.1, -0.05) is 12.1 Å². The van der Waals surface area contributed by atoms with Gasteiger partial charge in [0.15, 0.2) is 0 Å². The molecule has 2 saturated heterocycles. The molecule has 1 amide bonds. The smallest absolute Gasteiger partial charge is 0.339 e. The number of anilines is 1. The summed E-state index contributed by atoms with van der Waals surface area (Å²) in [5, 5.41) is 3.26. The lowest BCUT2D eigenvalue weighted by atomic mass is 9.96. The van der Waals surface area contributed by atoms with Crippen LogP contribution in [-0.4, -0.2) is 48.7 Å². The molecule has 1 unspecified atom stereocenters. The van der Waals surface area contributed by atoms with Crippen molar-refractivity contribution in [1.29, 1.82) is 0 Å². The van der Waals surface area contributed by atoms with Crippen molar-refractivity contribution in [3.05, 3.63) is 65.9 Å². The molecule has 0 saturated carbocycles. The molecule has 2 bridgehead atoms. The minimum absolute atomic E-state index is 0.0690. The van der Waals surface area contributed by atoms with E-state index in [9.17, 15) is 9.59 Å². The van der Waals surface area contributed by atoms with Gasteiger partial charge in [-0.15, -0.1) is 6.58 Å². The summed E-state index contributed by atoms with van der Waals surface area (Å²) >= 11 is 0. The number of amides is 1. The molecule has 2 fully saturated rings. The summed E-state index contributed by atoms with van der Waals surface area (Å²) in [5.41, 5.74) is 1.96. The van der Waals surface area contributed by atoms with E-state index in [1.54, 1.807) is 32.4 Å². The van der Waals surface area contributed by atoms with Gasteiger partial charge in [0.1, 0.15) is 11.6 Å². The lowest BCUT2D eigenvalue weighted by Gasteiger charge is -2.40. The average Bonchev–Trinajstić information content (AvgIpc) is 3.09. The molecule has 1 N–H and O–H groups in total. The number of pyridine rings is 1. The molecule has 2 aliphatic rings. The van der Waals surface area contributed by atoms with Gasteiger partial charge in [0, 0.05) is 35.4 Å². The topological polar surface area (TPSA) is 80.8 Å². The number of hydrogen-bond donors (Lipinski definition) is 1. The number of nitrogens with one attached hydrogen (secondary N) is 1. The minimum Gasteiger partial charge on any atom is -0.496 e. The van der Waals surface area contributed by atoms with Gasteiger partial charge in [-0.2, -0.15) is 0 Å². The maximum absolute atomic E-state index is 13.1. The molecule has 2 aliphatic heterocycles. The molecule has 7 nitrogen and oxygen atoms in total. The van der Waals surface area contributed by atoms with Crippen molar-refractivity contribution in [3.63, 3.8) is 0 Å². The van der Waals surface area contributed by atoms with Crippen LogP contribution < -0.4 is 15.0 Å². The monoisotopic (exact) mass is 449 g/mol. The van der Waals surface area contributed by atoms with Gasteiger partial charge in [-0.3, -0.25) is 4.79 Å². The molecule has 7 heteroatoms. The van der Waals surface area contributed by atoms with Crippen LogP contribution >= 0.6 is 0 Å². The number of nitrogens with zero attached hydrogens (tertiary/aromatic N) is 2. The third kappa shape index (κ3) is 4.72. The van der Waals surface area contributed by atoms with Gasteiger partial charge >= 0.3 is 5.97 Å². The summed E-state index contributed by atoms with van der Waals surface area (Å²) < 4.78 is 10.5. The van der Waals surface area contributed by atoms with E-state index in [1.165, 1.54) is 0 Å². The Morgan fingerprint density at radius 1 is 1.21 bits per heavy atom. The molecule has 1 aromatic heterocycles. The zero-order chi connectivity index (χ0) is 23.4. The first kappa shape index (κ1) is 22.8. The van der Waals surface area contributed by atoms with E-state index < -0.39 is 0 Å². The fourth-order valence-electron chi connectivity index (χ4n) is 5.13. The van der Waals surface area contributed by atoms with Gasteiger partial charge in [0.2, 0.25) is 0 Å². The van der Waals surface area contributed by atoms with E-state index in [1.807, 2.05) is 24.3 Å². The molecule has 33 heavy (non-hydrogen) atoms. The van der Waals surface area contributed by atoms with E-state index in [2.05, 4.69) is 21.8 Å². The fraction of sp³-hybridized carbons (Fsp3) is 0.423. The molecule has 2 aromatic rings. The zero-order valence-corrected chi connectivity index (χ0v) is 19.3. The number of rotatable bonds is 8. The average molecular weight is 450 g/mol. The predicted octanol–water partition coefficient (Wildman–Crippen LogP) is 3.93. The van der Waals surface area contributed by atoms with Crippen LogP contribution in [0.25, 0.3) is 0 Å². The molecule has 174 valence electrons. The van der Waals surface area contributed by atoms with E-state index >= 15 is 0 Å². The standard InChI is InChI=1S/C26H31N3O4/c1-4-7-21-22(8-6-9-23(21)32-3)25(30)28-18-14-19-11-12-20(15-18)29(19)24-13-10-17(16-27-24)26(31)33-5-2/h4,6,8-10,13,16,18-20H,1,5,7,11-12,14-15H2,2-3H3,(H,28,30)/t18?,19-,20+. The Kier molecular flexibility index (Phi) is 6.96. The van der Waals surface area contributed by atoms with E-state index in [-0.39, 0.29) is 17.9 Å². The third-order valence-electron chi connectivity index (χ3n) is 6.54. The third-order valence-corrected chi connectivity index (χ3v) is 6.54. The molecule has 1 aromatic carbocycles. The van der Waals surface area contributed by atoms with Crippen LogP contribution in [0, 0.1) is 0 Å². The van der Waals surface area contributed by atoms with Gasteiger partial charge in [-0.25, -0.2) is 9.78 Å². The van der Waals surface area contributed by atoms with E-state index in [0.717, 1.165) is 37.1 Å². The summed E-state index contributed by atoms with van der Waals surface area (Å²) in [6.07, 6.45) is 7.81. The highest BCUT2D eigenvalue weighted by Gasteiger charge is 2.42. The van der Waals surface area contributed by atoms with Crippen LogP contribution in [0.3, 0.4) is 0 Å². The van der Waals surface area contributed by atoms with Crippen LogP contribution in [0.15, 0.2) is 49.2 Å². The molecule has 3 heterocycles. The normalized spacial score (nSPS) is 21.4. The first-order valence-corrected chi connectivity index (χ1v) is 11.5. The molecular formula is C26H31N3O4. The van der Waals surface area contributed by atoms with Crippen LogP contribution in [0.2, 0.25) is 0 Å². The molecule has 0 aliphatic carbocycles. The van der Waals surface area contributed by atoms with E-state index in [0.29, 0.717) is 42.0 Å². The number of ether oxygens (including phenoxy) is 2. The predicted molar refractivity (Wildman–Crippen MR) is 127 cm³/mol. The van der Waals surface area contributed by atoms with Crippen molar-refractivity contribution in [2.45, 2.75) is 57.2 Å². The number of benzene rings is 1. The lowest BCUT2D eigenvalue weighted by Crippen LogP contribution is -2.50. The largest absolute Gasteiger partial charge is 0.496 e. The number of fused-ring (bicyclic) bond motifs is 2. The van der Waals surface area contributed by atoms with Gasteiger partial charge in [-0.05, 0) is 63.3 Å². The van der Waals surface area contributed by atoms with Crippen LogP contribution in [0.4, 0.5) is 5.82 Å². The molecule has 3 atom stereocenters. The van der Waals surface area contributed by atoms with Crippen molar-refractivity contribution in [2.75, 3.05) is 18.6 Å². The van der Waals surface area contributed by atoms with Crippen LogP contribution in [0.1, 0.15) is 58.9 Å².